The number of benzene rings is 1. The number of nitrogens with one attached hydrogen (secondary N) is 2. The van der Waals surface area contributed by atoms with Gasteiger partial charge in [0.1, 0.15) is 6.07 Å². The number of thiocarbonyl (C=S) groups is 1. The summed E-state index contributed by atoms with van der Waals surface area (Å²) in [5, 5.41) is 15.3. The van der Waals surface area contributed by atoms with Crippen molar-refractivity contribution in [2.24, 2.45) is 23.2 Å². The summed E-state index contributed by atoms with van der Waals surface area (Å²) in [7, 11) is 0. The van der Waals surface area contributed by atoms with Gasteiger partial charge in [-0.25, -0.2) is 0 Å². The van der Waals surface area contributed by atoms with E-state index >= 15 is 0 Å². The first-order chi connectivity index (χ1) is 11.6. The van der Waals surface area contributed by atoms with Gasteiger partial charge >= 0.3 is 0 Å². The molecule has 0 saturated heterocycles. The molecule has 0 spiro atoms. The Bertz CT molecular complexity index is 701. The lowest BCUT2D eigenvalue weighted by molar-refractivity contribution is -0.144. The molecule has 4 saturated carbocycles. The smallest absolute Gasteiger partial charge is 0.232 e. The second-order valence-corrected chi connectivity index (χ2v) is 8.17. The van der Waals surface area contributed by atoms with Gasteiger partial charge in [0.25, 0.3) is 0 Å². The molecule has 5 heteroatoms. The van der Waals surface area contributed by atoms with E-state index in [2.05, 4.69) is 16.7 Å². The van der Waals surface area contributed by atoms with Crippen LogP contribution in [0.3, 0.4) is 0 Å². The van der Waals surface area contributed by atoms with Crippen LogP contribution in [0.5, 0.6) is 0 Å². The largest absolute Gasteiger partial charge is 0.331 e. The second kappa shape index (κ2) is 5.86. The van der Waals surface area contributed by atoms with E-state index in [4.69, 9.17) is 17.5 Å². The van der Waals surface area contributed by atoms with Crippen molar-refractivity contribution in [3.8, 4) is 6.07 Å². The SMILES string of the molecule is N#Cc1ccccc1NC(=S)NC(=O)C12CC3CC(CC(C3)C1)C2. The van der Waals surface area contributed by atoms with Crippen molar-refractivity contribution in [1.82, 2.24) is 5.32 Å². The lowest BCUT2D eigenvalue weighted by Gasteiger charge is -2.55. The molecule has 4 nitrogen and oxygen atoms in total. The molecule has 0 atom stereocenters. The highest BCUT2D eigenvalue weighted by atomic mass is 32.1. The summed E-state index contributed by atoms with van der Waals surface area (Å²) in [6.07, 6.45) is 6.98. The highest BCUT2D eigenvalue weighted by molar-refractivity contribution is 7.80. The number of hydrogen-bond donors (Lipinski definition) is 2. The molecule has 1 aromatic carbocycles. The number of carbonyl (C=O) groups excluding carboxylic acids is 1. The molecule has 0 heterocycles. The van der Waals surface area contributed by atoms with Gasteiger partial charge < -0.3 is 10.6 Å². The van der Waals surface area contributed by atoms with E-state index in [1.54, 1.807) is 18.2 Å². The Labute approximate surface area is 147 Å². The number of para-hydroxylation sites is 1. The third kappa shape index (κ3) is 2.69. The van der Waals surface area contributed by atoms with Crippen LogP contribution in [0.25, 0.3) is 0 Å². The van der Waals surface area contributed by atoms with E-state index in [1.807, 2.05) is 6.07 Å². The molecule has 4 aliphatic carbocycles. The standard InChI is InChI=1S/C19H21N3OS/c20-11-15-3-1-2-4-16(15)21-18(24)22-17(23)19-8-12-5-13(9-19)7-14(6-12)10-19/h1-4,12-14H,5-10H2,(H2,21,22,23,24). The Morgan fingerprint density at radius 2 is 1.71 bits per heavy atom. The summed E-state index contributed by atoms with van der Waals surface area (Å²) in [6.45, 7) is 0. The van der Waals surface area contributed by atoms with Crippen LogP contribution in [0.2, 0.25) is 0 Å². The molecule has 4 bridgehead atoms. The summed E-state index contributed by atoms with van der Waals surface area (Å²) in [4.78, 5) is 12.9. The van der Waals surface area contributed by atoms with Crippen LogP contribution in [-0.4, -0.2) is 11.0 Å². The lowest BCUT2D eigenvalue weighted by atomic mass is 9.49. The van der Waals surface area contributed by atoms with Gasteiger partial charge in [-0.05, 0) is 80.6 Å². The normalized spacial score (nSPS) is 32.9. The Balaban J connectivity index is 1.45. The molecular weight excluding hydrogens is 318 g/mol. The van der Waals surface area contributed by atoms with Crippen molar-refractivity contribution < 1.29 is 4.79 Å². The van der Waals surface area contributed by atoms with Gasteiger partial charge in [0, 0.05) is 0 Å². The average Bonchev–Trinajstić information content (AvgIpc) is 2.54. The zero-order valence-corrected chi connectivity index (χ0v) is 14.4. The van der Waals surface area contributed by atoms with E-state index < -0.39 is 0 Å². The Morgan fingerprint density at radius 1 is 1.12 bits per heavy atom. The summed E-state index contributed by atoms with van der Waals surface area (Å²) in [5.74, 6) is 2.25. The monoisotopic (exact) mass is 339 g/mol. The Morgan fingerprint density at radius 3 is 2.29 bits per heavy atom. The zero-order chi connectivity index (χ0) is 16.7. The number of carbonyl (C=O) groups is 1. The van der Waals surface area contributed by atoms with Gasteiger partial charge in [-0.1, -0.05) is 12.1 Å². The molecule has 2 N–H and O–H groups in total. The Hall–Kier alpha value is -1.93. The first-order valence-corrected chi connectivity index (χ1v) is 9.10. The fraction of sp³-hybridized carbons (Fsp3) is 0.526. The van der Waals surface area contributed by atoms with Crippen molar-refractivity contribution in [2.75, 3.05) is 5.32 Å². The number of amides is 1. The molecule has 24 heavy (non-hydrogen) atoms. The van der Waals surface area contributed by atoms with E-state index in [0.29, 0.717) is 16.4 Å². The minimum Gasteiger partial charge on any atom is -0.331 e. The van der Waals surface area contributed by atoms with Crippen LogP contribution >= 0.6 is 12.2 Å². The third-order valence-electron chi connectivity index (χ3n) is 6.04. The van der Waals surface area contributed by atoms with Crippen LogP contribution in [0.15, 0.2) is 24.3 Å². The first kappa shape index (κ1) is 15.6. The van der Waals surface area contributed by atoms with Crippen LogP contribution in [0.4, 0.5) is 5.69 Å². The van der Waals surface area contributed by atoms with E-state index in [1.165, 1.54) is 19.3 Å². The van der Waals surface area contributed by atoms with Crippen molar-refractivity contribution in [2.45, 2.75) is 38.5 Å². The van der Waals surface area contributed by atoms with Crippen LogP contribution in [-0.2, 0) is 4.79 Å². The molecule has 0 unspecified atom stereocenters. The van der Waals surface area contributed by atoms with Crippen molar-refractivity contribution >= 4 is 28.9 Å². The number of hydrogen-bond acceptors (Lipinski definition) is 3. The maximum absolute atomic E-state index is 12.9. The number of nitriles is 1. The fourth-order valence-electron chi connectivity index (χ4n) is 5.47. The van der Waals surface area contributed by atoms with Gasteiger partial charge in [-0.3, -0.25) is 4.79 Å². The minimum absolute atomic E-state index is 0.0774. The molecular formula is C19H21N3OS. The highest BCUT2D eigenvalue weighted by Gasteiger charge is 2.54. The van der Waals surface area contributed by atoms with Crippen LogP contribution in [0, 0.1) is 34.5 Å². The average molecular weight is 339 g/mol. The minimum atomic E-state index is -0.213. The molecule has 5 rings (SSSR count). The predicted molar refractivity (Wildman–Crippen MR) is 96.1 cm³/mol. The topological polar surface area (TPSA) is 64.9 Å². The van der Waals surface area contributed by atoms with E-state index in [9.17, 15) is 4.79 Å². The maximum Gasteiger partial charge on any atom is 0.232 e. The van der Waals surface area contributed by atoms with Crippen LogP contribution in [0.1, 0.15) is 44.1 Å². The fourth-order valence-corrected chi connectivity index (χ4v) is 5.67. The Kier molecular flexibility index (Phi) is 3.80. The van der Waals surface area contributed by atoms with E-state index in [-0.39, 0.29) is 11.3 Å². The maximum atomic E-state index is 12.9. The van der Waals surface area contributed by atoms with Gasteiger partial charge in [-0.2, -0.15) is 5.26 Å². The number of rotatable bonds is 2. The lowest BCUT2D eigenvalue weighted by Crippen LogP contribution is -2.55. The third-order valence-corrected chi connectivity index (χ3v) is 6.25. The van der Waals surface area contributed by atoms with Gasteiger partial charge in [0.15, 0.2) is 5.11 Å². The van der Waals surface area contributed by atoms with Gasteiger partial charge in [0.05, 0.1) is 16.7 Å². The number of anilines is 1. The molecule has 0 aromatic heterocycles. The van der Waals surface area contributed by atoms with Crippen molar-refractivity contribution in [1.29, 1.82) is 5.26 Å². The molecule has 1 amide bonds. The summed E-state index contributed by atoms with van der Waals surface area (Å²) >= 11 is 5.32. The molecule has 1 aromatic rings. The van der Waals surface area contributed by atoms with Gasteiger partial charge in [-0.15, -0.1) is 0 Å². The molecule has 0 radical (unpaired) electrons. The van der Waals surface area contributed by atoms with Crippen molar-refractivity contribution in [3.05, 3.63) is 29.8 Å². The molecule has 0 aliphatic heterocycles. The summed E-state index contributed by atoms with van der Waals surface area (Å²) < 4.78 is 0. The predicted octanol–water partition coefficient (Wildman–Crippen LogP) is 3.59. The molecule has 4 aliphatic rings. The second-order valence-electron chi connectivity index (χ2n) is 7.76. The van der Waals surface area contributed by atoms with Crippen LogP contribution < -0.4 is 10.6 Å². The van der Waals surface area contributed by atoms with E-state index in [0.717, 1.165) is 37.0 Å². The zero-order valence-electron chi connectivity index (χ0n) is 13.5. The summed E-state index contributed by atoms with van der Waals surface area (Å²) in [6, 6.07) is 9.30. The molecule has 4 fully saturated rings. The first-order valence-electron chi connectivity index (χ1n) is 8.69. The van der Waals surface area contributed by atoms with Gasteiger partial charge in [0.2, 0.25) is 5.91 Å². The highest BCUT2D eigenvalue weighted by Crippen LogP contribution is 2.60. The quantitative estimate of drug-likeness (QED) is 0.808. The number of nitrogens with zero attached hydrogens (tertiary/aromatic N) is 1. The summed E-state index contributed by atoms with van der Waals surface area (Å²) in [5.41, 5.74) is 0.939. The van der Waals surface area contributed by atoms with Crippen molar-refractivity contribution in [3.63, 3.8) is 0 Å². The molecule has 124 valence electrons.